The number of cyclic esters (lactones) is 1. The molecule has 5 N–H and O–H groups in total. The lowest BCUT2D eigenvalue weighted by molar-refractivity contribution is -0.152. The molecule has 0 saturated carbocycles. The minimum absolute atomic E-state index is 0.0237. The molecule has 0 aliphatic carbocycles. The first-order valence-electron chi connectivity index (χ1n) is 17.2. The van der Waals surface area contributed by atoms with Crippen LogP contribution in [0.25, 0.3) is 0 Å². The number of aliphatic hydroxyl groups is 4. The molecule has 0 unspecified atom stereocenters. The number of rotatable bonds is 14. The van der Waals surface area contributed by atoms with Gasteiger partial charge in [0.15, 0.2) is 0 Å². The summed E-state index contributed by atoms with van der Waals surface area (Å²) >= 11 is 0. The van der Waals surface area contributed by atoms with Crippen LogP contribution < -0.4 is 0 Å². The minimum Gasteiger partial charge on any atom is -0.478 e. The maximum absolute atomic E-state index is 12.9. The smallest absolute Gasteiger partial charge is 0.331 e. The molecule has 2 heterocycles. The summed E-state index contributed by atoms with van der Waals surface area (Å²) in [4.78, 5) is 25.4. The van der Waals surface area contributed by atoms with Crippen LogP contribution in [0, 0.1) is 17.8 Å². The van der Waals surface area contributed by atoms with E-state index in [1.807, 2.05) is 58.1 Å². The molecular weight excluding hydrogens is 626 g/mol. The van der Waals surface area contributed by atoms with E-state index in [9.17, 15) is 35.1 Å². The van der Waals surface area contributed by atoms with Crippen molar-refractivity contribution in [1.82, 2.24) is 15.0 Å². The quantitative estimate of drug-likeness (QED) is 0.0724. The highest BCUT2D eigenvalue weighted by Gasteiger charge is 2.28. The molecule has 1 aliphatic rings. The van der Waals surface area contributed by atoms with Crippen LogP contribution in [-0.4, -0.2) is 76.9 Å². The van der Waals surface area contributed by atoms with Crippen LogP contribution >= 0.6 is 0 Å². The van der Waals surface area contributed by atoms with Crippen molar-refractivity contribution in [1.29, 1.82) is 0 Å². The van der Waals surface area contributed by atoms with E-state index in [1.54, 1.807) is 43.8 Å². The van der Waals surface area contributed by atoms with Gasteiger partial charge in [0.25, 0.3) is 0 Å². The van der Waals surface area contributed by atoms with Crippen LogP contribution in [0.15, 0.2) is 77.1 Å². The van der Waals surface area contributed by atoms with Gasteiger partial charge in [0.1, 0.15) is 11.8 Å². The highest BCUT2D eigenvalue weighted by Crippen LogP contribution is 2.31. The summed E-state index contributed by atoms with van der Waals surface area (Å²) in [6.07, 6.45) is 14.9. The van der Waals surface area contributed by atoms with Crippen molar-refractivity contribution >= 4 is 11.9 Å². The van der Waals surface area contributed by atoms with E-state index in [-0.39, 0.29) is 42.7 Å². The highest BCUT2D eigenvalue weighted by molar-refractivity contribution is 5.88. The van der Waals surface area contributed by atoms with Crippen molar-refractivity contribution < 1.29 is 39.9 Å². The highest BCUT2D eigenvalue weighted by atomic mass is 16.5. The molecule has 2 rings (SSSR count). The number of carboxylic acids is 1. The molecule has 0 saturated heterocycles. The summed E-state index contributed by atoms with van der Waals surface area (Å²) in [5, 5.41) is 57.6. The van der Waals surface area contributed by atoms with Gasteiger partial charge >= 0.3 is 11.9 Å². The predicted molar refractivity (Wildman–Crippen MR) is 189 cm³/mol. The number of hydrogen-bond donors (Lipinski definition) is 5. The second-order valence-corrected chi connectivity index (χ2v) is 13.6. The van der Waals surface area contributed by atoms with Gasteiger partial charge in [-0.05, 0) is 71.8 Å². The SMILES string of the molecule is CC(=CC=CC(C)=C[C@H](O)[C@H](O)C[C@H](C)O)C=C(C)C=C(C(=O)O)[C@H]1CCCC(=O)O[C@@H]([C@@H](C)Cn2cc([C@H](C)O)nn2)CC=CC[C@@H]1C. The number of esters is 1. The summed E-state index contributed by atoms with van der Waals surface area (Å²) in [7, 11) is 0. The normalized spacial score (nSPS) is 24.1. The zero-order chi connectivity index (χ0) is 36.7. The zero-order valence-electron chi connectivity index (χ0n) is 30.1. The second-order valence-electron chi connectivity index (χ2n) is 13.6. The Balaban J connectivity index is 2.15. The first-order chi connectivity index (χ1) is 23.1. The molecule has 0 bridgehead atoms. The van der Waals surface area contributed by atoms with E-state index in [4.69, 9.17) is 4.74 Å². The van der Waals surface area contributed by atoms with Crippen LogP contribution in [-0.2, 0) is 20.9 Å². The van der Waals surface area contributed by atoms with Crippen LogP contribution in [0.4, 0.5) is 0 Å². The fraction of sp³-hybridized carbons (Fsp3) is 0.579. The second kappa shape index (κ2) is 20.8. The molecule has 11 nitrogen and oxygen atoms in total. The molecule has 0 aromatic carbocycles. The molecule has 8 atom stereocenters. The van der Waals surface area contributed by atoms with Gasteiger partial charge in [-0.1, -0.05) is 78.3 Å². The lowest BCUT2D eigenvalue weighted by Crippen LogP contribution is -2.28. The van der Waals surface area contributed by atoms with Crippen LogP contribution in [0.2, 0.25) is 0 Å². The fourth-order valence-corrected chi connectivity index (χ4v) is 5.85. The molecule has 0 amide bonds. The number of aliphatic carboxylic acids is 1. The Labute approximate surface area is 291 Å². The van der Waals surface area contributed by atoms with Crippen LogP contribution in [0.5, 0.6) is 0 Å². The van der Waals surface area contributed by atoms with Gasteiger partial charge in [-0.15, -0.1) is 5.10 Å². The third-order valence-electron chi connectivity index (χ3n) is 8.62. The largest absolute Gasteiger partial charge is 0.478 e. The lowest BCUT2D eigenvalue weighted by atomic mass is 9.80. The number of allylic oxidation sites excluding steroid dienone is 9. The number of aromatic nitrogens is 3. The molecule has 49 heavy (non-hydrogen) atoms. The summed E-state index contributed by atoms with van der Waals surface area (Å²) in [5.74, 6) is -1.60. The molecule has 1 aromatic heterocycles. The van der Waals surface area contributed by atoms with E-state index < -0.39 is 30.4 Å². The standard InChI is InChI=1S/C38H57N3O8/c1-24(12-10-13-25(2)20-34(44)35(45)21-29(6)42)18-26(3)19-32(38(47)48)31-15-11-17-37(46)49-36(16-9-8-14-27(31)4)28(5)22-41-23-33(30(7)43)39-40-41/h8-10,12-13,18-20,23,27-31,34-36,42-45H,11,14-17,21-22H2,1-7H3,(H,47,48)/t27-,28-,29-,30-,31-,34-,35+,36+/m0/s1. The average Bonchev–Trinajstić information content (AvgIpc) is 3.47. The molecule has 0 radical (unpaired) electrons. The summed E-state index contributed by atoms with van der Waals surface area (Å²) in [6.45, 7) is 13.3. The Morgan fingerprint density at radius 3 is 2.37 bits per heavy atom. The van der Waals surface area contributed by atoms with Crippen LogP contribution in [0.1, 0.15) is 98.8 Å². The van der Waals surface area contributed by atoms with Gasteiger partial charge in [-0.3, -0.25) is 9.48 Å². The van der Waals surface area contributed by atoms with Crippen molar-refractivity contribution in [3.8, 4) is 0 Å². The predicted octanol–water partition coefficient (Wildman–Crippen LogP) is 5.55. The van der Waals surface area contributed by atoms with Gasteiger partial charge in [-0.2, -0.15) is 0 Å². The van der Waals surface area contributed by atoms with Gasteiger partial charge < -0.3 is 30.3 Å². The number of carbonyl (C=O) groups is 2. The van der Waals surface area contributed by atoms with Gasteiger partial charge in [0, 0.05) is 37.3 Å². The molecular formula is C38H57N3O8. The van der Waals surface area contributed by atoms with Crippen molar-refractivity contribution in [2.45, 2.75) is 124 Å². The Hall–Kier alpha value is -3.64. The first kappa shape index (κ1) is 41.5. The maximum Gasteiger partial charge on any atom is 0.331 e. The van der Waals surface area contributed by atoms with E-state index in [2.05, 4.69) is 10.3 Å². The number of hydrogen-bond acceptors (Lipinski definition) is 9. The molecule has 11 heteroatoms. The number of carbonyl (C=O) groups excluding carboxylic acids is 1. The number of carboxylic acid groups (broad SMARTS) is 1. The molecule has 1 aromatic rings. The summed E-state index contributed by atoms with van der Waals surface area (Å²) in [6, 6.07) is 0. The number of aliphatic hydroxyl groups excluding tert-OH is 4. The van der Waals surface area contributed by atoms with Crippen LogP contribution in [0.3, 0.4) is 0 Å². The Bertz CT molecular complexity index is 1400. The zero-order valence-corrected chi connectivity index (χ0v) is 30.1. The van der Waals surface area contributed by atoms with Gasteiger partial charge in [0.05, 0.1) is 30.6 Å². The Morgan fingerprint density at radius 1 is 1.04 bits per heavy atom. The number of nitrogens with zero attached hydrogens (tertiary/aromatic N) is 3. The first-order valence-corrected chi connectivity index (χ1v) is 17.2. The van der Waals surface area contributed by atoms with Crippen molar-refractivity contribution in [3.05, 3.63) is 82.8 Å². The topological polar surface area (TPSA) is 175 Å². The van der Waals surface area contributed by atoms with E-state index in [0.29, 0.717) is 43.5 Å². The third kappa shape index (κ3) is 15.2. The average molecular weight is 684 g/mol. The Kier molecular flexibility index (Phi) is 17.6. The maximum atomic E-state index is 12.9. The van der Waals surface area contributed by atoms with Crippen molar-refractivity contribution in [2.24, 2.45) is 17.8 Å². The van der Waals surface area contributed by atoms with E-state index in [1.165, 1.54) is 6.08 Å². The molecule has 0 spiro atoms. The third-order valence-corrected chi connectivity index (χ3v) is 8.62. The van der Waals surface area contributed by atoms with Gasteiger partial charge in [0.2, 0.25) is 0 Å². The fourth-order valence-electron chi connectivity index (χ4n) is 5.85. The van der Waals surface area contributed by atoms with Gasteiger partial charge in [-0.25, -0.2) is 4.79 Å². The molecule has 272 valence electrons. The summed E-state index contributed by atoms with van der Waals surface area (Å²) < 4.78 is 7.54. The van der Waals surface area contributed by atoms with E-state index >= 15 is 0 Å². The van der Waals surface area contributed by atoms with E-state index in [0.717, 1.165) is 16.7 Å². The Morgan fingerprint density at radius 2 is 1.73 bits per heavy atom. The van der Waals surface area contributed by atoms with Crippen molar-refractivity contribution in [3.63, 3.8) is 0 Å². The monoisotopic (exact) mass is 683 g/mol. The molecule has 1 aliphatic heterocycles. The lowest BCUT2D eigenvalue weighted by Gasteiger charge is -2.26. The summed E-state index contributed by atoms with van der Waals surface area (Å²) in [5.41, 5.74) is 3.21. The molecule has 0 fully saturated rings. The number of ether oxygens (including phenoxy) is 1. The van der Waals surface area contributed by atoms with Crippen molar-refractivity contribution in [2.75, 3.05) is 0 Å². The minimum atomic E-state index is -1.09.